The SMILES string of the molecule is CC/C=C\C/C=C\C/C=C\C/C=C\CCCCC(=O)OCC(COP(=O)(O)OCC(CO)OC(=O)CCCCCCCCC/C=C\C/C=C\C/C=C\CC)OC(=O)CCCCCCCCC/C=C\C/C=C\C/C=C\CC. The van der Waals surface area contributed by atoms with Crippen molar-refractivity contribution in [1.82, 2.24) is 0 Å². The highest BCUT2D eigenvalue weighted by Crippen LogP contribution is 2.43. The van der Waals surface area contributed by atoms with E-state index in [1.54, 1.807) is 0 Å². The van der Waals surface area contributed by atoms with Gasteiger partial charge in [-0.3, -0.25) is 23.4 Å². The van der Waals surface area contributed by atoms with E-state index in [9.17, 15) is 28.9 Å². The summed E-state index contributed by atoms with van der Waals surface area (Å²) in [5.41, 5.74) is 0. The number of carbonyl (C=O) groups is 3. The number of rotatable bonds is 53. The van der Waals surface area contributed by atoms with Crippen molar-refractivity contribution < 1.29 is 52.2 Å². The van der Waals surface area contributed by atoms with Crippen molar-refractivity contribution in [2.24, 2.45) is 0 Å². The first-order valence-electron chi connectivity index (χ1n) is 29.4. The van der Waals surface area contributed by atoms with Gasteiger partial charge in [-0.15, -0.1) is 0 Å². The van der Waals surface area contributed by atoms with Gasteiger partial charge >= 0.3 is 25.7 Å². The van der Waals surface area contributed by atoms with Crippen LogP contribution in [-0.2, 0) is 42.2 Å². The second-order valence-electron chi connectivity index (χ2n) is 19.0. The maximum Gasteiger partial charge on any atom is 0.472 e. The van der Waals surface area contributed by atoms with Crippen LogP contribution in [0.25, 0.3) is 0 Å². The number of aliphatic hydroxyl groups excluding tert-OH is 1. The molecular formula is C64H105O11P. The third-order valence-electron chi connectivity index (χ3n) is 11.9. The maximum atomic E-state index is 12.9. The molecule has 76 heavy (non-hydrogen) atoms. The van der Waals surface area contributed by atoms with E-state index >= 15 is 0 Å². The quantitative estimate of drug-likeness (QED) is 0.0197. The zero-order chi connectivity index (χ0) is 55.5. The van der Waals surface area contributed by atoms with Gasteiger partial charge in [-0.2, -0.15) is 0 Å². The molecule has 3 atom stereocenters. The molecule has 0 fully saturated rings. The molecule has 0 heterocycles. The molecule has 0 aromatic heterocycles. The monoisotopic (exact) mass is 1080 g/mol. The molecule has 0 saturated heterocycles. The molecule has 0 amide bonds. The predicted octanol–water partition coefficient (Wildman–Crippen LogP) is 17.6. The molecule has 12 heteroatoms. The van der Waals surface area contributed by atoms with Crippen molar-refractivity contribution in [1.29, 1.82) is 0 Å². The lowest BCUT2D eigenvalue weighted by Crippen LogP contribution is -2.30. The fourth-order valence-electron chi connectivity index (χ4n) is 7.49. The number of aliphatic hydroxyl groups is 1. The van der Waals surface area contributed by atoms with Crippen LogP contribution >= 0.6 is 7.82 Å². The zero-order valence-electron chi connectivity index (χ0n) is 47.7. The van der Waals surface area contributed by atoms with Crippen LogP contribution in [0.5, 0.6) is 0 Å². The van der Waals surface area contributed by atoms with Crippen LogP contribution < -0.4 is 0 Å². The topological polar surface area (TPSA) is 155 Å². The smallest absolute Gasteiger partial charge is 0.462 e. The Balaban J connectivity index is 4.79. The number of phosphoric acid groups is 1. The van der Waals surface area contributed by atoms with Gasteiger partial charge in [-0.25, -0.2) is 4.57 Å². The van der Waals surface area contributed by atoms with Crippen LogP contribution in [0.1, 0.15) is 226 Å². The molecule has 0 saturated carbocycles. The average Bonchev–Trinajstić information content (AvgIpc) is 3.41. The minimum atomic E-state index is -4.77. The molecule has 0 aliphatic heterocycles. The van der Waals surface area contributed by atoms with Crippen LogP contribution in [0.15, 0.2) is 122 Å². The number of hydrogen-bond donors (Lipinski definition) is 2. The first-order chi connectivity index (χ1) is 37.2. The van der Waals surface area contributed by atoms with Gasteiger partial charge in [0.2, 0.25) is 0 Å². The minimum Gasteiger partial charge on any atom is -0.462 e. The summed E-state index contributed by atoms with van der Waals surface area (Å²) in [4.78, 5) is 48.6. The molecule has 0 aliphatic carbocycles. The first-order valence-corrected chi connectivity index (χ1v) is 30.9. The lowest BCUT2D eigenvalue weighted by atomic mass is 10.1. The highest BCUT2D eigenvalue weighted by atomic mass is 31.2. The van der Waals surface area contributed by atoms with E-state index in [4.69, 9.17) is 23.3 Å². The van der Waals surface area contributed by atoms with Gasteiger partial charge in [0.1, 0.15) is 12.7 Å². The fourth-order valence-corrected chi connectivity index (χ4v) is 8.28. The largest absolute Gasteiger partial charge is 0.472 e. The highest BCUT2D eigenvalue weighted by molar-refractivity contribution is 7.47. The number of phosphoric ester groups is 1. The van der Waals surface area contributed by atoms with Crippen LogP contribution in [0.4, 0.5) is 0 Å². The van der Waals surface area contributed by atoms with E-state index in [1.165, 1.54) is 6.42 Å². The summed E-state index contributed by atoms with van der Waals surface area (Å²) in [6.07, 6.45) is 70.1. The van der Waals surface area contributed by atoms with Crippen molar-refractivity contribution in [2.75, 3.05) is 26.4 Å². The predicted molar refractivity (Wildman–Crippen MR) is 316 cm³/mol. The van der Waals surface area contributed by atoms with Crippen LogP contribution in [0, 0.1) is 0 Å². The third kappa shape index (κ3) is 54.7. The number of esters is 3. The van der Waals surface area contributed by atoms with Gasteiger partial charge in [0.25, 0.3) is 0 Å². The number of ether oxygens (including phenoxy) is 3. The van der Waals surface area contributed by atoms with E-state index in [0.29, 0.717) is 19.3 Å². The normalized spacial score (nSPS) is 14.2. The summed E-state index contributed by atoms with van der Waals surface area (Å²) in [6, 6.07) is 0. The van der Waals surface area contributed by atoms with Gasteiger partial charge in [0.05, 0.1) is 19.8 Å². The number of allylic oxidation sites excluding steroid dienone is 20. The second kappa shape index (κ2) is 57.1. The van der Waals surface area contributed by atoms with Gasteiger partial charge in [0.15, 0.2) is 6.10 Å². The first kappa shape index (κ1) is 71.9. The Morgan fingerprint density at radius 1 is 0.368 bits per heavy atom. The van der Waals surface area contributed by atoms with E-state index in [2.05, 4.69) is 142 Å². The molecule has 2 N–H and O–H groups in total. The van der Waals surface area contributed by atoms with Gasteiger partial charge in [-0.1, -0.05) is 206 Å². The molecule has 11 nitrogen and oxygen atoms in total. The molecule has 0 rings (SSSR count). The molecule has 0 aromatic rings. The van der Waals surface area contributed by atoms with Crippen molar-refractivity contribution in [3.8, 4) is 0 Å². The van der Waals surface area contributed by atoms with Crippen LogP contribution in [0.2, 0.25) is 0 Å². The number of hydrogen-bond acceptors (Lipinski definition) is 10. The summed E-state index contributed by atoms with van der Waals surface area (Å²) in [5, 5.41) is 9.83. The molecule has 0 spiro atoms. The Morgan fingerprint density at radius 2 is 0.645 bits per heavy atom. The second-order valence-corrected chi connectivity index (χ2v) is 20.5. The summed E-state index contributed by atoms with van der Waals surface area (Å²) in [7, 11) is -4.77. The summed E-state index contributed by atoms with van der Waals surface area (Å²) < 4.78 is 39.5. The van der Waals surface area contributed by atoms with E-state index in [1.807, 2.05) is 0 Å². The Kier molecular flexibility index (Phi) is 54.0. The molecule has 0 radical (unpaired) electrons. The summed E-state index contributed by atoms with van der Waals surface area (Å²) >= 11 is 0. The lowest BCUT2D eigenvalue weighted by Gasteiger charge is -2.21. The number of unbranched alkanes of at least 4 members (excludes halogenated alkanes) is 16. The fraction of sp³-hybridized carbons (Fsp3) is 0.641. The van der Waals surface area contributed by atoms with E-state index < -0.39 is 57.8 Å². The Morgan fingerprint density at radius 3 is 1.01 bits per heavy atom. The van der Waals surface area contributed by atoms with Gasteiger partial charge < -0.3 is 24.2 Å². The van der Waals surface area contributed by atoms with Crippen molar-refractivity contribution in [3.63, 3.8) is 0 Å². The highest BCUT2D eigenvalue weighted by Gasteiger charge is 2.28. The zero-order valence-corrected chi connectivity index (χ0v) is 48.6. The maximum absolute atomic E-state index is 12.9. The standard InChI is InChI=1S/C64H105O11P/c1-4-7-10-13-16-19-22-25-28-30-33-36-39-42-45-48-51-54-63(67)74-60(56-65)58-72-76(69,70)73-59-61(57-71-62(66)53-50-47-44-41-38-35-32-27-24-21-18-15-12-9-6-3)75-64(68)55-52-49-46-43-40-37-34-31-29-26-23-20-17-14-11-8-5-2/h7-12,16-21,25-29,32,38,41,60-61,65H,4-6,13-15,22-24,30-31,33-37,39-40,42-59H2,1-3H3,(H,69,70)/b10-7-,11-8-,12-9-,19-16-,20-17-,21-18-,28-25-,29-26-,32-27-,41-38-. The average molecular weight is 1080 g/mol. The molecule has 0 aromatic carbocycles. The molecule has 3 unspecified atom stereocenters. The van der Waals surface area contributed by atoms with Gasteiger partial charge in [0, 0.05) is 19.3 Å². The number of carbonyl (C=O) groups excluding carboxylic acids is 3. The molecular weight excluding hydrogens is 976 g/mol. The summed E-state index contributed by atoms with van der Waals surface area (Å²) in [5.74, 6) is -1.55. The van der Waals surface area contributed by atoms with Crippen LogP contribution in [-0.4, -0.2) is 66.5 Å². The Bertz CT molecular complexity index is 1740. The summed E-state index contributed by atoms with van der Waals surface area (Å²) in [6.45, 7) is 4.23. The minimum absolute atomic E-state index is 0.140. The van der Waals surface area contributed by atoms with Crippen molar-refractivity contribution >= 4 is 25.7 Å². The van der Waals surface area contributed by atoms with Crippen molar-refractivity contribution in [2.45, 2.75) is 238 Å². The lowest BCUT2D eigenvalue weighted by molar-refractivity contribution is -0.161. The van der Waals surface area contributed by atoms with Gasteiger partial charge in [-0.05, 0) is 122 Å². The Labute approximate surface area is 462 Å². The van der Waals surface area contributed by atoms with E-state index in [-0.39, 0.29) is 25.9 Å². The third-order valence-corrected chi connectivity index (χ3v) is 12.8. The molecule has 0 bridgehead atoms. The van der Waals surface area contributed by atoms with Crippen molar-refractivity contribution in [3.05, 3.63) is 122 Å². The molecule has 432 valence electrons. The Hall–Kier alpha value is -4.12. The van der Waals surface area contributed by atoms with Crippen LogP contribution in [0.3, 0.4) is 0 Å². The molecule has 0 aliphatic rings. The van der Waals surface area contributed by atoms with E-state index in [0.717, 1.165) is 161 Å².